The first kappa shape index (κ1) is 30.8. The SMILES string of the molecule is CCOC(=O)C1=C(C)N=c2s/c(=C\c3cc(I)c(OCc4ccccc4)c(OCC)c3)c(=O)n2[C@@H]1c1cccc2ccccc12. The van der Waals surface area contributed by atoms with E-state index in [9.17, 15) is 9.59 Å². The van der Waals surface area contributed by atoms with Gasteiger partial charge in [-0.3, -0.25) is 9.36 Å². The quantitative estimate of drug-likeness (QED) is 0.127. The number of allylic oxidation sites excluding steroid dienone is 1. The van der Waals surface area contributed by atoms with Gasteiger partial charge in [0.25, 0.3) is 5.56 Å². The van der Waals surface area contributed by atoms with Crippen molar-refractivity contribution in [3.05, 3.63) is 136 Å². The van der Waals surface area contributed by atoms with Gasteiger partial charge >= 0.3 is 5.97 Å². The Hall–Kier alpha value is -4.22. The van der Waals surface area contributed by atoms with Gasteiger partial charge in [0.1, 0.15) is 6.61 Å². The van der Waals surface area contributed by atoms with Crippen molar-refractivity contribution in [2.45, 2.75) is 33.4 Å². The molecule has 0 unspecified atom stereocenters. The van der Waals surface area contributed by atoms with E-state index in [0.717, 1.165) is 31.0 Å². The molecule has 9 heteroatoms. The Morgan fingerprint density at radius 2 is 1.73 bits per heavy atom. The third kappa shape index (κ3) is 6.19. The number of carbonyl (C=O) groups is 1. The molecule has 0 amide bonds. The number of nitrogens with zero attached hydrogens (tertiary/aromatic N) is 2. The standard InChI is InChI=1S/C36H31IN2O5S/c1-4-42-29-19-24(18-28(37)33(29)44-21-23-12-7-6-8-13-23)20-30-34(40)39-32(27-17-11-15-25-14-9-10-16-26(25)27)31(35(41)43-5-2)22(3)38-36(39)45-30/h6-20,32H,4-5,21H2,1-3H3/b30-20-/t32-/m1/s1. The Morgan fingerprint density at radius 1 is 0.978 bits per heavy atom. The van der Waals surface area contributed by atoms with E-state index in [0.29, 0.717) is 45.3 Å². The van der Waals surface area contributed by atoms with Gasteiger partial charge in [0.2, 0.25) is 0 Å². The second-order valence-electron chi connectivity index (χ2n) is 10.4. The molecule has 45 heavy (non-hydrogen) atoms. The highest BCUT2D eigenvalue weighted by Gasteiger charge is 2.34. The van der Waals surface area contributed by atoms with Crippen LogP contribution in [-0.4, -0.2) is 23.8 Å². The van der Waals surface area contributed by atoms with Crippen LogP contribution in [0.3, 0.4) is 0 Å². The first-order valence-corrected chi connectivity index (χ1v) is 16.6. The van der Waals surface area contributed by atoms with Crippen LogP contribution in [0.4, 0.5) is 0 Å². The summed E-state index contributed by atoms with van der Waals surface area (Å²) in [5.41, 5.74) is 3.35. The molecule has 2 heterocycles. The third-order valence-corrected chi connectivity index (χ3v) is 9.27. The van der Waals surface area contributed by atoms with Crippen molar-refractivity contribution in [2.75, 3.05) is 13.2 Å². The summed E-state index contributed by atoms with van der Waals surface area (Å²) >= 11 is 3.54. The Balaban J connectivity index is 1.48. The molecule has 1 aliphatic rings. The minimum atomic E-state index is -0.693. The number of rotatable bonds is 9. The van der Waals surface area contributed by atoms with Gasteiger partial charge < -0.3 is 14.2 Å². The van der Waals surface area contributed by atoms with E-state index in [1.54, 1.807) is 18.4 Å². The summed E-state index contributed by atoms with van der Waals surface area (Å²) in [6, 6.07) is 27.0. The van der Waals surface area contributed by atoms with Crippen molar-refractivity contribution in [2.24, 2.45) is 4.99 Å². The lowest BCUT2D eigenvalue weighted by atomic mass is 9.91. The van der Waals surface area contributed by atoms with Crippen molar-refractivity contribution < 1.29 is 19.0 Å². The van der Waals surface area contributed by atoms with Crippen molar-refractivity contribution in [3.63, 3.8) is 0 Å². The Morgan fingerprint density at radius 3 is 2.51 bits per heavy atom. The van der Waals surface area contributed by atoms with Gasteiger partial charge in [-0.2, -0.15) is 0 Å². The van der Waals surface area contributed by atoms with Crippen LogP contribution in [0.1, 0.15) is 43.5 Å². The Kier molecular flexibility index (Phi) is 9.18. The fourth-order valence-corrected chi connectivity index (χ4v) is 7.36. The summed E-state index contributed by atoms with van der Waals surface area (Å²) in [5.74, 6) is 0.784. The molecule has 5 aromatic rings. The lowest BCUT2D eigenvalue weighted by Crippen LogP contribution is -2.40. The summed E-state index contributed by atoms with van der Waals surface area (Å²) in [5, 5.41) is 1.97. The number of aromatic nitrogens is 1. The largest absolute Gasteiger partial charge is 0.490 e. The molecule has 0 N–H and O–H groups in total. The van der Waals surface area contributed by atoms with Crippen molar-refractivity contribution >= 4 is 56.7 Å². The summed E-state index contributed by atoms with van der Waals surface area (Å²) in [6.07, 6.45) is 1.85. The van der Waals surface area contributed by atoms with Crippen LogP contribution in [-0.2, 0) is 16.1 Å². The maximum atomic E-state index is 14.2. The molecular weight excluding hydrogens is 699 g/mol. The average molecular weight is 731 g/mol. The Labute approximate surface area is 278 Å². The molecule has 1 aromatic heterocycles. The summed E-state index contributed by atoms with van der Waals surface area (Å²) in [6.45, 7) is 6.58. The van der Waals surface area contributed by atoms with Gasteiger partial charge in [-0.1, -0.05) is 84.1 Å². The van der Waals surface area contributed by atoms with Gasteiger partial charge in [0.15, 0.2) is 16.3 Å². The van der Waals surface area contributed by atoms with E-state index in [4.69, 9.17) is 19.2 Å². The number of carbonyl (C=O) groups excluding carboxylic acids is 1. The summed E-state index contributed by atoms with van der Waals surface area (Å²) in [4.78, 5) is 32.9. The predicted octanol–water partition coefficient (Wildman–Crippen LogP) is 6.53. The molecule has 0 radical (unpaired) electrons. The van der Waals surface area contributed by atoms with Crippen LogP contribution in [0, 0.1) is 3.57 Å². The molecule has 1 aliphatic heterocycles. The summed E-state index contributed by atoms with van der Waals surface area (Å²) < 4.78 is 20.6. The second-order valence-corrected chi connectivity index (χ2v) is 12.6. The maximum absolute atomic E-state index is 14.2. The van der Waals surface area contributed by atoms with Crippen LogP contribution in [0.15, 0.2) is 106 Å². The van der Waals surface area contributed by atoms with E-state index >= 15 is 0 Å². The molecule has 0 saturated carbocycles. The fourth-order valence-electron chi connectivity index (χ4n) is 5.53. The zero-order chi connectivity index (χ0) is 31.5. The topological polar surface area (TPSA) is 79.1 Å². The molecule has 6 rings (SSSR count). The van der Waals surface area contributed by atoms with Crippen LogP contribution in [0.5, 0.6) is 11.5 Å². The van der Waals surface area contributed by atoms with Gasteiger partial charge in [0.05, 0.1) is 38.6 Å². The van der Waals surface area contributed by atoms with Crippen LogP contribution < -0.4 is 24.4 Å². The number of ether oxygens (including phenoxy) is 3. The normalized spacial score (nSPS) is 14.7. The van der Waals surface area contributed by atoms with Crippen molar-refractivity contribution in [1.29, 1.82) is 0 Å². The Bertz CT molecular complexity index is 2110. The van der Waals surface area contributed by atoms with Gasteiger partial charge in [-0.05, 0) is 89.0 Å². The zero-order valence-electron chi connectivity index (χ0n) is 25.1. The minimum absolute atomic E-state index is 0.216. The lowest BCUT2D eigenvalue weighted by Gasteiger charge is -2.25. The van der Waals surface area contributed by atoms with E-state index in [-0.39, 0.29) is 12.2 Å². The van der Waals surface area contributed by atoms with Crippen LogP contribution in [0.2, 0.25) is 0 Å². The minimum Gasteiger partial charge on any atom is -0.490 e. The van der Waals surface area contributed by atoms with Gasteiger partial charge in [0, 0.05) is 0 Å². The number of thiazole rings is 1. The molecule has 0 bridgehead atoms. The smallest absolute Gasteiger partial charge is 0.338 e. The molecule has 4 aromatic carbocycles. The van der Waals surface area contributed by atoms with E-state index < -0.39 is 12.0 Å². The van der Waals surface area contributed by atoms with Crippen LogP contribution >= 0.6 is 33.9 Å². The van der Waals surface area contributed by atoms with Crippen molar-refractivity contribution in [1.82, 2.24) is 4.57 Å². The lowest BCUT2D eigenvalue weighted by molar-refractivity contribution is -0.139. The number of fused-ring (bicyclic) bond motifs is 2. The zero-order valence-corrected chi connectivity index (χ0v) is 28.1. The fraction of sp³-hybridized carbons (Fsp3) is 0.194. The number of esters is 1. The number of hydrogen-bond donors (Lipinski definition) is 0. The molecule has 0 aliphatic carbocycles. The second kappa shape index (κ2) is 13.4. The molecule has 228 valence electrons. The number of halogens is 1. The molecule has 0 spiro atoms. The molecule has 0 saturated heterocycles. The molecule has 0 fully saturated rings. The average Bonchev–Trinajstić information content (AvgIpc) is 3.34. The number of benzene rings is 4. The van der Waals surface area contributed by atoms with Gasteiger partial charge in [-0.15, -0.1) is 0 Å². The molecular formula is C36H31IN2O5S. The highest BCUT2D eigenvalue weighted by atomic mass is 127. The van der Waals surface area contributed by atoms with Gasteiger partial charge in [-0.25, -0.2) is 9.79 Å². The van der Waals surface area contributed by atoms with E-state index in [1.807, 2.05) is 97.9 Å². The van der Waals surface area contributed by atoms with Crippen LogP contribution in [0.25, 0.3) is 16.8 Å². The monoisotopic (exact) mass is 730 g/mol. The molecule has 1 atom stereocenters. The first-order chi connectivity index (χ1) is 21.9. The number of hydrogen-bond acceptors (Lipinski definition) is 7. The predicted molar refractivity (Wildman–Crippen MR) is 185 cm³/mol. The third-order valence-electron chi connectivity index (χ3n) is 7.49. The van der Waals surface area contributed by atoms with E-state index in [2.05, 4.69) is 22.6 Å². The molecule has 7 nitrogen and oxygen atoms in total. The maximum Gasteiger partial charge on any atom is 0.338 e. The van der Waals surface area contributed by atoms with Crippen molar-refractivity contribution in [3.8, 4) is 11.5 Å². The van der Waals surface area contributed by atoms with E-state index in [1.165, 1.54) is 11.3 Å². The highest BCUT2D eigenvalue weighted by molar-refractivity contribution is 14.1. The first-order valence-electron chi connectivity index (χ1n) is 14.7. The highest BCUT2D eigenvalue weighted by Crippen LogP contribution is 2.36. The summed E-state index contributed by atoms with van der Waals surface area (Å²) in [7, 11) is 0.